The van der Waals surface area contributed by atoms with Gasteiger partial charge in [-0.25, -0.2) is 13.6 Å². The Hall–Kier alpha value is -0.0900. The summed E-state index contributed by atoms with van der Waals surface area (Å²) in [6.45, 7) is 2.25. The Morgan fingerprint density at radius 3 is 1.33 bits per heavy atom. The van der Waals surface area contributed by atoms with Crippen LogP contribution in [0.15, 0.2) is 0 Å². The van der Waals surface area contributed by atoms with E-state index in [2.05, 4.69) is 6.92 Å². The average molecular weight is 277 g/mol. The Morgan fingerprint density at radius 2 is 1.00 bits per heavy atom. The van der Waals surface area contributed by atoms with Gasteiger partial charge in [-0.05, 0) is 6.42 Å². The van der Waals surface area contributed by atoms with Crippen LogP contribution in [0, 0.1) is 0 Å². The van der Waals surface area contributed by atoms with E-state index in [4.69, 9.17) is 5.14 Å². The SMILES string of the molecule is CCCCCCCCCCCCCCS(N)(=O)=O. The first kappa shape index (κ1) is 17.9. The quantitative estimate of drug-likeness (QED) is 0.518. The molecular formula is C14H31NO2S. The summed E-state index contributed by atoms with van der Waals surface area (Å²) in [6, 6.07) is 0. The molecule has 0 unspecified atom stereocenters. The first-order valence-electron chi connectivity index (χ1n) is 7.56. The van der Waals surface area contributed by atoms with Crippen molar-refractivity contribution in [3.8, 4) is 0 Å². The first-order valence-corrected chi connectivity index (χ1v) is 9.28. The Labute approximate surface area is 114 Å². The van der Waals surface area contributed by atoms with Gasteiger partial charge in [0.25, 0.3) is 0 Å². The zero-order valence-electron chi connectivity index (χ0n) is 12.0. The van der Waals surface area contributed by atoms with Crippen molar-refractivity contribution in [1.82, 2.24) is 0 Å². The van der Waals surface area contributed by atoms with Gasteiger partial charge in [0.15, 0.2) is 0 Å². The molecule has 2 N–H and O–H groups in total. The third-order valence-corrected chi connectivity index (χ3v) is 4.14. The van der Waals surface area contributed by atoms with Crippen LogP contribution in [-0.4, -0.2) is 14.2 Å². The zero-order chi connectivity index (χ0) is 13.7. The molecule has 3 nitrogen and oxygen atoms in total. The molecule has 110 valence electrons. The fourth-order valence-corrected chi connectivity index (χ4v) is 2.75. The lowest BCUT2D eigenvalue weighted by Gasteiger charge is -2.02. The second-order valence-electron chi connectivity index (χ2n) is 5.26. The second-order valence-corrected chi connectivity index (χ2v) is 6.99. The predicted molar refractivity (Wildman–Crippen MR) is 79.1 cm³/mol. The number of primary sulfonamides is 1. The van der Waals surface area contributed by atoms with Crippen molar-refractivity contribution in [2.45, 2.75) is 84.0 Å². The molecule has 0 aromatic carbocycles. The van der Waals surface area contributed by atoms with Crippen molar-refractivity contribution < 1.29 is 8.42 Å². The van der Waals surface area contributed by atoms with E-state index < -0.39 is 10.0 Å². The van der Waals surface area contributed by atoms with Crippen molar-refractivity contribution in [3.63, 3.8) is 0 Å². The van der Waals surface area contributed by atoms with Gasteiger partial charge in [0.2, 0.25) is 10.0 Å². The van der Waals surface area contributed by atoms with Crippen molar-refractivity contribution in [1.29, 1.82) is 0 Å². The molecule has 0 aliphatic heterocycles. The molecule has 0 spiro atoms. The van der Waals surface area contributed by atoms with Crippen LogP contribution >= 0.6 is 0 Å². The van der Waals surface area contributed by atoms with E-state index in [1.54, 1.807) is 0 Å². The van der Waals surface area contributed by atoms with Crippen molar-refractivity contribution in [3.05, 3.63) is 0 Å². The van der Waals surface area contributed by atoms with E-state index in [9.17, 15) is 8.42 Å². The molecule has 4 heteroatoms. The minimum Gasteiger partial charge on any atom is -0.229 e. The molecule has 18 heavy (non-hydrogen) atoms. The summed E-state index contributed by atoms with van der Waals surface area (Å²) in [5.41, 5.74) is 0. The summed E-state index contributed by atoms with van der Waals surface area (Å²) in [5, 5.41) is 4.94. The summed E-state index contributed by atoms with van der Waals surface area (Å²) < 4.78 is 21.4. The molecule has 0 amide bonds. The lowest BCUT2D eigenvalue weighted by atomic mass is 10.1. The van der Waals surface area contributed by atoms with Gasteiger partial charge in [-0.2, -0.15) is 0 Å². The van der Waals surface area contributed by atoms with Crippen molar-refractivity contribution in [2.75, 3.05) is 5.75 Å². The maximum atomic E-state index is 10.7. The first-order chi connectivity index (χ1) is 8.56. The van der Waals surface area contributed by atoms with Crippen molar-refractivity contribution >= 4 is 10.0 Å². The molecule has 0 radical (unpaired) electrons. The molecule has 0 saturated heterocycles. The van der Waals surface area contributed by atoms with Crippen LogP contribution in [0.25, 0.3) is 0 Å². The van der Waals surface area contributed by atoms with Gasteiger partial charge in [0, 0.05) is 0 Å². The van der Waals surface area contributed by atoms with Gasteiger partial charge in [0.1, 0.15) is 0 Å². The van der Waals surface area contributed by atoms with Gasteiger partial charge < -0.3 is 0 Å². The number of rotatable bonds is 13. The molecule has 0 aromatic rings. The third-order valence-electron chi connectivity index (χ3n) is 3.28. The van der Waals surface area contributed by atoms with E-state index in [0.717, 1.165) is 19.3 Å². The number of hydrogen-bond donors (Lipinski definition) is 1. The summed E-state index contributed by atoms with van der Waals surface area (Å²) in [5.74, 6) is 0.143. The summed E-state index contributed by atoms with van der Waals surface area (Å²) in [7, 11) is -3.24. The monoisotopic (exact) mass is 277 g/mol. The predicted octanol–water partition coefficient (Wildman–Crippen LogP) is 3.98. The zero-order valence-corrected chi connectivity index (χ0v) is 12.8. The summed E-state index contributed by atoms with van der Waals surface area (Å²) in [4.78, 5) is 0. The van der Waals surface area contributed by atoms with E-state index in [1.165, 1.54) is 57.8 Å². The molecule has 0 atom stereocenters. The highest BCUT2D eigenvalue weighted by Crippen LogP contribution is 2.11. The largest absolute Gasteiger partial charge is 0.229 e. The molecule has 0 aliphatic rings. The summed E-state index contributed by atoms with van der Waals surface area (Å²) in [6.07, 6.45) is 14.9. The van der Waals surface area contributed by atoms with Crippen LogP contribution in [0.4, 0.5) is 0 Å². The standard InChI is InChI=1S/C14H31NO2S/c1-2-3-4-5-6-7-8-9-10-11-12-13-14-18(15,16)17/h2-14H2,1H3,(H2,15,16,17). The van der Waals surface area contributed by atoms with E-state index in [-0.39, 0.29) is 5.75 Å². The fraction of sp³-hybridized carbons (Fsp3) is 1.00. The van der Waals surface area contributed by atoms with Crippen molar-refractivity contribution in [2.24, 2.45) is 5.14 Å². The van der Waals surface area contributed by atoms with Crippen LogP contribution in [-0.2, 0) is 10.0 Å². The molecule has 0 heterocycles. The van der Waals surface area contributed by atoms with Gasteiger partial charge in [-0.15, -0.1) is 0 Å². The lowest BCUT2D eigenvalue weighted by Crippen LogP contribution is -2.16. The highest BCUT2D eigenvalue weighted by atomic mass is 32.2. The van der Waals surface area contributed by atoms with Gasteiger partial charge in [0.05, 0.1) is 5.75 Å². The molecule has 0 rings (SSSR count). The maximum Gasteiger partial charge on any atom is 0.209 e. The topological polar surface area (TPSA) is 60.2 Å². The number of sulfonamides is 1. The van der Waals surface area contributed by atoms with Crippen LogP contribution in [0.2, 0.25) is 0 Å². The van der Waals surface area contributed by atoms with Crippen LogP contribution < -0.4 is 5.14 Å². The Morgan fingerprint density at radius 1 is 0.667 bits per heavy atom. The van der Waals surface area contributed by atoms with Gasteiger partial charge in [-0.1, -0.05) is 77.6 Å². The second kappa shape index (κ2) is 12.0. The molecular weight excluding hydrogens is 246 g/mol. The molecule has 0 aliphatic carbocycles. The molecule has 0 saturated carbocycles. The lowest BCUT2D eigenvalue weighted by molar-refractivity contribution is 0.546. The average Bonchev–Trinajstić information content (AvgIpc) is 2.29. The smallest absolute Gasteiger partial charge is 0.209 e. The fourth-order valence-electron chi connectivity index (χ4n) is 2.14. The number of unbranched alkanes of at least 4 members (excludes halogenated alkanes) is 11. The Balaban J connectivity index is 3.03. The summed E-state index contributed by atoms with van der Waals surface area (Å²) >= 11 is 0. The van der Waals surface area contributed by atoms with Gasteiger partial charge >= 0.3 is 0 Å². The van der Waals surface area contributed by atoms with E-state index in [1.807, 2.05) is 0 Å². The Bertz CT molecular complexity index is 263. The normalized spacial score (nSPS) is 11.9. The number of hydrogen-bond acceptors (Lipinski definition) is 2. The maximum absolute atomic E-state index is 10.7. The minimum atomic E-state index is -3.24. The highest BCUT2D eigenvalue weighted by molar-refractivity contribution is 7.89. The highest BCUT2D eigenvalue weighted by Gasteiger charge is 2.01. The third kappa shape index (κ3) is 15.9. The van der Waals surface area contributed by atoms with Crippen LogP contribution in [0.1, 0.15) is 84.0 Å². The van der Waals surface area contributed by atoms with Gasteiger partial charge in [-0.3, -0.25) is 0 Å². The van der Waals surface area contributed by atoms with E-state index >= 15 is 0 Å². The van der Waals surface area contributed by atoms with E-state index in [0.29, 0.717) is 0 Å². The molecule has 0 aromatic heterocycles. The van der Waals surface area contributed by atoms with Crippen LogP contribution in [0.5, 0.6) is 0 Å². The van der Waals surface area contributed by atoms with Crippen LogP contribution in [0.3, 0.4) is 0 Å². The minimum absolute atomic E-state index is 0.143. The Kier molecular flexibility index (Phi) is 11.9. The molecule has 0 bridgehead atoms. The molecule has 0 fully saturated rings. The number of nitrogens with two attached hydrogens (primary N) is 1.